The lowest BCUT2D eigenvalue weighted by molar-refractivity contribution is 1.59. The van der Waals surface area contributed by atoms with Crippen molar-refractivity contribution in [2.45, 2.75) is 6.92 Å². The van der Waals surface area contributed by atoms with Crippen LogP contribution in [0.15, 0.2) is 18.2 Å². The van der Waals surface area contributed by atoms with Gasteiger partial charge in [0.05, 0.1) is 4.34 Å². The number of aryl methyl sites for hydroxylation is 1. The number of benzene rings is 1. The van der Waals surface area contributed by atoms with E-state index in [1.165, 1.54) is 19.2 Å². The molecule has 0 saturated carbocycles. The third-order valence-corrected chi connectivity index (χ3v) is 4.07. The maximum Gasteiger partial charge on any atom is 0.0969 e. The lowest BCUT2D eigenvalue weighted by Crippen LogP contribution is -1.70. The second kappa shape index (κ2) is 3.16. The molecule has 0 amide bonds. The summed E-state index contributed by atoms with van der Waals surface area (Å²) in [5, 5.41) is 1.28. The van der Waals surface area contributed by atoms with Crippen molar-refractivity contribution in [3.05, 3.63) is 31.7 Å². The molecular weight excluding hydrogens is 303 g/mol. The maximum atomic E-state index is 6.02. The number of hydrogen-bond acceptors (Lipinski definition) is 1. The zero-order valence-electron chi connectivity index (χ0n) is 6.40. The fourth-order valence-electron chi connectivity index (χ4n) is 1.17. The Morgan fingerprint density at radius 1 is 1.42 bits per heavy atom. The van der Waals surface area contributed by atoms with Gasteiger partial charge in [0.1, 0.15) is 0 Å². The summed E-state index contributed by atoms with van der Waals surface area (Å²) in [6.07, 6.45) is 0. The Hall–Kier alpha value is 0.200. The van der Waals surface area contributed by atoms with Gasteiger partial charge in [-0.05, 0) is 52.6 Å². The number of rotatable bonds is 0. The molecule has 3 heteroatoms. The van der Waals surface area contributed by atoms with Crippen molar-refractivity contribution in [2.24, 2.45) is 0 Å². The standard InChI is InChI=1S/C9H6ClIS/c1-5-7-3-2-6(11)4-8(7)12-9(5)10/h2-4H,1H3. The predicted molar refractivity (Wildman–Crippen MR) is 64.3 cm³/mol. The van der Waals surface area contributed by atoms with Gasteiger partial charge in [0.15, 0.2) is 0 Å². The van der Waals surface area contributed by atoms with Crippen molar-refractivity contribution in [3.63, 3.8) is 0 Å². The highest BCUT2D eigenvalue weighted by molar-refractivity contribution is 14.1. The van der Waals surface area contributed by atoms with Crippen LogP contribution in [-0.4, -0.2) is 0 Å². The van der Waals surface area contributed by atoms with E-state index in [2.05, 4.69) is 47.7 Å². The highest BCUT2D eigenvalue weighted by atomic mass is 127. The molecule has 1 aromatic carbocycles. The van der Waals surface area contributed by atoms with Gasteiger partial charge in [0, 0.05) is 8.27 Å². The monoisotopic (exact) mass is 308 g/mol. The van der Waals surface area contributed by atoms with Crippen LogP contribution in [0, 0.1) is 10.5 Å². The van der Waals surface area contributed by atoms with Crippen LogP contribution >= 0.6 is 45.5 Å². The minimum absolute atomic E-state index is 0.909. The van der Waals surface area contributed by atoms with E-state index in [1.54, 1.807) is 11.3 Å². The highest BCUT2D eigenvalue weighted by Gasteiger charge is 2.05. The minimum Gasteiger partial charge on any atom is -0.123 e. The summed E-state index contributed by atoms with van der Waals surface area (Å²) in [4.78, 5) is 0. The highest BCUT2D eigenvalue weighted by Crippen LogP contribution is 2.34. The van der Waals surface area contributed by atoms with Gasteiger partial charge in [-0.15, -0.1) is 11.3 Å². The average molecular weight is 309 g/mol. The Labute approximate surface area is 93.7 Å². The second-order valence-electron chi connectivity index (χ2n) is 2.64. The van der Waals surface area contributed by atoms with E-state index in [0.29, 0.717) is 0 Å². The summed E-state index contributed by atoms with van der Waals surface area (Å²) in [6.45, 7) is 2.06. The zero-order valence-corrected chi connectivity index (χ0v) is 10.1. The van der Waals surface area contributed by atoms with Crippen LogP contribution in [0.3, 0.4) is 0 Å². The summed E-state index contributed by atoms with van der Waals surface area (Å²) < 4.78 is 3.45. The third-order valence-electron chi connectivity index (χ3n) is 1.84. The third kappa shape index (κ3) is 1.36. The van der Waals surface area contributed by atoms with Gasteiger partial charge < -0.3 is 0 Å². The smallest absolute Gasteiger partial charge is 0.0969 e. The summed E-state index contributed by atoms with van der Waals surface area (Å²) in [6, 6.07) is 6.41. The van der Waals surface area contributed by atoms with Crippen LogP contribution in [0.2, 0.25) is 4.34 Å². The number of halogens is 2. The SMILES string of the molecule is Cc1c(Cl)sc2cc(I)ccc12. The Kier molecular flexibility index (Phi) is 2.31. The van der Waals surface area contributed by atoms with E-state index in [9.17, 15) is 0 Å². The molecule has 0 saturated heterocycles. The maximum absolute atomic E-state index is 6.02. The normalized spacial score (nSPS) is 10.9. The molecule has 0 nitrogen and oxygen atoms in total. The lowest BCUT2D eigenvalue weighted by Gasteiger charge is -1.91. The van der Waals surface area contributed by atoms with Gasteiger partial charge in [0.2, 0.25) is 0 Å². The van der Waals surface area contributed by atoms with Crippen LogP contribution in [0.1, 0.15) is 5.56 Å². The van der Waals surface area contributed by atoms with E-state index in [-0.39, 0.29) is 0 Å². The number of fused-ring (bicyclic) bond motifs is 1. The van der Waals surface area contributed by atoms with E-state index in [1.807, 2.05) is 0 Å². The van der Waals surface area contributed by atoms with Crippen LogP contribution in [0.5, 0.6) is 0 Å². The molecule has 0 radical (unpaired) electrons. The Balaban J connectivity index is 2.87. The molecule has 62 valence electrons. The first-order valence-electron chi connectivity index (χ1n) is 3.52. The largest absolute Gasteiger partial charge is 0.123 e. The molecule has 12 heavy (non-hydrogen) atoms. The molecule has 2 rings (SSSR count). The molecule has 0 aliphatic rings. The molecule has 2 aromatic rings. The van der Waals surface area contributed by atoms with E-state index < -0.39 is 0 Å². The van der Waals surface area contributed by atoms with E-state index in [4.69, 9.17) is 11.6 Å². The van der Waals surface area contributed by atoms with Crippen LogP contribution in [-0.2, 0) is 0 Å². The second-order valence-corrected chi connectivity index (χ2v) is 5.54. The molecule has 1 aromatic heterocycles. The Morgan fingerprint density at radius 3 is 2.92 bits per heavy atom. The van der Waals surface area contributed by atoms with Crippen LogP contribution in [0.25, 0.3) is 10.1 Å². The molecule has 1 heterocycles. The first-order chi connectivity index (χ1) is 5.68. The van der Waals surface area contributed by atoms with Gasteiger partial charge in [0.25, 0.3) is 0 Å². The van der Waals surface area contributed by atoms with Crippen molar-refractivity contribution < 1.29 is 0 Å². The van der Waals surface area contributed by atoms with Gasteiger partial charge in [-0.25, -0.2) is 0 Å². The van der Waals surface area contributed by atoms with E-state index in [0.717, 1.165) is 4.34 Å². The first-order valence-corrected chi connectivity index (χ1v) is 5.80. The van der Waals surface area contributed by atoms with Gasteiger partial charge in [-0.2, -0.15) is 0 Å². The molecule has 0 N–H and O–H groups in total. The van der Waals surface area contributed by atoms with Crippen molar-refractivity contribution in [3.8, 4) is 0 Å². The molecule has 0 fully saturated rings. The van der Waals surface area contributed by atoms with Crippen molar-refractivity contribution in [2.75, 3.05) is 0 Å². The summed E-state index contributed by atoms with van der Waals surface area (Å²) in [5.41, 5.74) is 1.20. The van der Waals surface area contributed by atoms with Gasteiger partial charge in [-0.1, -0.05) is 17.7 Å². The van der Waals surface area contributed by atoms with Gasteiger partial charge >= 0.3 is 0 Å². The Bertz CT molecular complexity index is 433. The topological polar surface area (TPSA) is 0 Å². The van der Waals surface area contributed by atoms with Crippen molar-refractivity contribution in [1.29, 1.82) is 0 Å². The van der Waals surface area contributed by atoms with Crippen molar-refractivity contribution in [1.82, 2.24) is 0 Å². The molecule has 0 aliphatic heterocycles. The summed E-state index contributed by atoms with van der Waals surface area (Å²) in [7, 11) is 0. The van der Waals surface area contributed by atoms with Crippen LogP contribution < -0.4 is 0 Å². The summed E-state index contributed by atoms with van der Waals surface area (Å²) in [5.74, 6) is 0. The molecule has 0 bridgehead atoms. The zero-order chi connectivity index (χ0) is 8.72. The fourth-order valence-corrected chi connectivity index (χ4v) is 3.20. The number of thiophene rings is 1. The quantitative estimate of drug-likeness (QED) is 0.630. The molecular formula is C9H6ClIS. The van der Waals surface area contributed by atoms with E-state index >= 15 is 0 Å². The fraction of sp³-hybridized carbons (Fsp3) is 0.111. The molecule has 0 unspecified atom stereocenters. The summed E-state index contributed by atoms with van der Waals surface area (Å²) >= 11 is 9.99. The number of hydrogen-bond donors (Lipinski definition) is 0. The Morgan fingerprint density at radius 2 is 2.17 bits per heavy atom. The van der Waals surface area contributed by atoms with Gasteiger partial charge in [-0.3, -0.25) is 0 Å². The molecule has 0 spiro atoms. The predicted octanol–water partition coefficient (Wildman–Crippen LogP) is 4.47. The van der Waals surface area contributed by atoms with Crippen LogP contribution in [0.4, 0.5) is 0 Å². The average Bonchev–Trinajstić information content (AvgIpc) is 2.28. The minimum atomic E-state index is 0.909. The van der Waals surface area contributed by atoms with Crippen molar-refractivity contribution >= 4 is 55.6 Å². The first kappa shape index (κ1) is 8.78. The molecule has 0 aliphatic carbocycles. The lowest BCUT2D eigenvalue weighted by atomic mass is 10.2. The molecule has 0 atom stereocenters.